The Hall–Kier alpha value is -2.69. The van der Waals surface area contributed by atoms with E-state index in [1.807, 2.05) is 25.1 Å². The van der Waals surface area contributed by atoms with Gasteiger partial charge in [0.1, 0.15) is 0 Å². The van der Waals surface area contributed by atoms with Crippen LogP contribution in [0.4, 0.5) is 5.69 Å². The average molecular weight is 341 g/mol. The molecule has 134 valence electrons. The van der Waals surface area contributed by atoms with Gasteiger partial charge in [0.25, 0.3) is 0 Å². The molecule has 0 aliphatic heterocycles. The molecule has 0 aliphatic rings. The van der Waals surface area contributed by atoms with Gasteiger partial charge in [-0.1, -0.05) is 23.8 Å². The van der Waals surface area contributed by atoms with Crippen LogP contribution in [0.1, 0.15) is 23.6 Å². The highest BCUT2D eigenvalue weighted by Gasteiger charge is 2.07. The van der Waals surface area contributed by atoms with E-state index in [1.54, 1.807) is 14.2 Å². The fourth-order valence-electron chi connectivity index (χ4n) is 2.56. The summed E-state index contributed by atoms with van der Waals surface area (Å²) < 4.78 is 10.9. The van der Waals surface area contributed by atoms with E-state index in [-0.39, 0.29) is 0 Å². The number of hydrogen-bond acceptors (Lipinski definition) is 3. The van der Waals surface area contributed by atoms with Crippen LogP contribution in [0.2, 0.25) is 0 Å². The second-order valence-corrected chi connectivity index (χ2v) is 5.78. The maximum atomic E-state index is 5.54. The van der Waals surface area contributed by atoms with Gasteiger partial charge in [-0.3, -0.25) is 4.99 Å². The van der Waals surface area contributed by atoms with E-state index >= 15 is 0 Å². The van der Waals surface area contributed by atoms with Gasteiger partial charge in [-0.2, -0.15) is 0 Å². The van der Waals surface area contributed by atoms with Crippen molar-refractivity contribution < 1.29 is 9.47 Å². The summed E-state index contributed by atoms with van der Waals surface area (Å²) in [5.74, 6) is 2.12. The van der Waals surface area contributed by atoms with Gasteiger partial charge in [-0.15, -0.1) is 0 Å². The van der Waals surface area contributed by atoms with Gasteiger partial charge in [0.15, 0.2) is 17.5 Å². The number of methoxy groups -OCH3 is 1. The van der Waals surface area contributed by atoms with Crippen LogP contribution in [-0.4, -0.2) is 26.7 Å². The first-order chi connectivity index (χ1) is 12.1. The largest absolute Gasteiger partial charge is 0.493 e. The molecule has 5 heteroatoms. The van der Waals surface area contributed by atoms with Crippen LogP contribution >= 0.6 is 0 Å². The van der Waals surface area contributed by atoms with Crippen molar-refractivity contribution in [2.75, 3.05) is 26.1 Å². The number of nitrogens with zero attached hydrogens (tertiary/aromatic N) is 1. The van der Waals surface area contributed by atoms with E-state index < -0.39 is 0 Å². The summed E-state index contributed by atoms with van der Waals surface area (Å²) in [5.41, 5.74) is 4.67. The Morgan fingerprint density at radius 3 is 2.52 bits per heavy atom. The molecule has 0 saturated heterocycles. The highest BCUT2D eigenvalue weighted by molar-refractivity contribution is 5.93. The molecule has 2 rings (SSSR count). The molecule has 0 heterocycles. The van der Waals surface area contributed by atoms with Crippen LogP contribution < -0.4 is 20.1 Å². The molecule has 25 heavy (non-hydrogen) atoms. The van der Waals surface area contributed by atoms with E-state index in [1.165, 1.54) is 16.7 Å². The molecule has 0 aliphatic carbocycles. The Balaban J connectivity index is 2.04. The quantitative estimate of drug-likeness (QED) is 0.618. The third kappa shape index (κ3) is 5.14. The summed E-state index contributed by atoms with van der Waals surface area (Å²) in [6.07, 6.45) is 0. The minimum Gasteiger partial charge on any atom is -0.493 e. The van der Waals surface area contributed by atoms with E-state index in [4.69, 9.17) is 9.47 Å². The Bertz CT molecular complexity index is 742. The summed E-state index contributed by atoms with van der Waals surface area (Å²) in [7, 11) is 3.39. The highest BCUT2D eigenvalue weighted by atomic mass is 16.5. The van der Waals surface area contributed by atoms with Crippen LogP contribution in [0.3, 0.4) is 0 Å². The summed E-state index contributed by atoms with van der Waals surface area (Å²) >= 11 is 0. The Kier molecular flexibility index (Phi) is 6.69. The third-order valence-electron chi connectivity index (χ3n) is 3.89. The molecule has 0 atom stereocenters. The second kappa shape index (κ2) is 8.97. The molecule has 0 saturated carbocycles. The SMILES string of the molecule is CCOc1ccc(NC(=NC)NCc2ccc(C)cc2C)cc1OC. The molecule has 0 aromatic heterocycles. The minimum atomic E-state index is 0.599. The van der Waals surface area contributed by atoms with E-state index in [0.29, 0.717) is 24.9 Å². The van der Waals surface area contributed by atoms with E-state index in [0.717, 1.165) is 11.4 Å². The number of aryl methyl sites for hydroxylation is 2. The maximum Gasteiger partial charge on any atom is 0.195 e. The van der Waals surface area contributed by atoms with Gasteiger partial charge in [0.2, 0.25) is 0 Å². The predicted octanol–water partition coefficient (Wildman–Crippen LogP) is 3.90. The number of benzene rings is 2. The third-order valence-corrected chi connectivity index (χ3v) is 3.89. The lowest BCUT2D eigenvalue weighted by Gasteiger charge is -2.15. The molecule has 0 fully saturated rings. The molecule has 0 unspecified atom stereocenters. The van der Waals surface area contributed by atoms with Crippen molar-refractivity contribution in [1.29, 1.82) is 0 Å². The molecular formula is C20H27N3O2. The number of anilines is 1. The van der Waals surface area contributed by atoms with Crippen molar-refractivity contribution in [3.8, 4) is 11.5 Å². The van der Waals surface area contributed by atoms with Crippen molar-refractivity contribution in [3.63, 3.8) is 0 Å². The number of nitrogens with one attached hydrogen (secondary N) is 2. The zero-order valence-electron chi connectivity index (χ0n) is 15.6. The monoisotopic (exact) mass is 341 g/mol. The smallest absolute Gasteiger partial charge is 0.195 e. The van der Waals surface area contributed by atoms with Crippen LogP contribution in [0.15, 0.2) is 41.4 Å². The number of ether oxygens (including phenoxy) is 2. The van der Waals surface area contributed by atoms with Gasteiger partial charge >= 0.3 is 0 Å². The molecule has 0 bridgehead atoms. The number of rotatable bonds is 6. The summed E-state index contributed by atoms with van der Waals surface area (Å²) in [6.45, 7) is 7.48. The molecule has 5 nitrogen and oxygen atoms in total. The predicted molar refractivity (Wildman–Crippen MR) is 104 cm³/mol. The fraction of sp³-hybridized carbons (Fsp3) is 0.350. The van der Waals surface area contributed by atoms with Crippen LogP contribution in [0.5, 0.6) is 11.5 Å². The molecule has 0 spiro atoms. The van der Waals surface area contributed by atoms with Crippen LogP contribution in [0, 0.1) is 13.8 Å². The zero-order valence-corrected chi connectivity index (χ0v) is 15.6. The first-order valence-corrected chi connectivity index (χ1v) is 8.42. The van der Waals surface area contributed by atoms with Crippen molar-refractivity contribution in [1.82, 2.24) is 5.32 Å². The average Bonchev–Trinajstić information content (AvgIpc) is 2.61. The van der Waals surface area contributed by atoms with Crippen LogP contribution in [0.25, 0.3) is 0 Å². The minimum absolute atomic E-state index is 0.599. The molecule has 2 aromatic rings. The summed E-state index contributed by atoms with van der Waals surface area (Å²) in [4.78, 5) is 4.28. The zero-order chi connectivity index (χ0) is 18.2. The van der Waals surface area contributed by atoms with Gasteiger partial charge in [-0.25, -0.2) is 0 Å². The number of aliphatic imine (C=N–C) groups is 1. The number of guanidine groups is 1. The lowest BCUT2D eigenvalue weighted by atomic mass is 10.1. The molecule has 0 amide bonds. The second-order valence-electron chi connectivity index (χ2n) is 5.78. The Labute approximate surface area is 150 Å². The normalized spacial score (nSPS) is 11.2. The van der Waals surface area contributed by atoms with Gasteiger partial charge in [-0.05, 0) is 44.0 Å². The fourth-order valence-corrected chi connectivity index (χ4v) is 2.56. The van der Waals surface area contributed by atoms with Crippen molar-refractivity contribution >= 4 is 11.6 Å². The topological polar surface area (TPSA) is 54.9 Å². The van der Waals surface area contributed by atoms with Crippen molar-refractivity contribution in [2.45, 2.75) is 27.3 Å². The molecule has 2 aromatic carbocycles. The lowest BCUT2D eigenvalue weighted by Crippen LogP contribution is -2.30. The summed E-state index contributed by atoms with van der Waals surface area (Å²) in [5, 5.41) is 6.62. The first-order valence-electron chi connectivity index (χ1n) is 8.42. The first kappa shape index (κ1) is 18.6. The highest BCUT2D eigenvalue weighted by Crippen LogP contribution is 2.30. The van der Waals surface area contributed by atoms with E-state index in [9.17, 15) is 0 Å². The van der Waals surface area contributed by atoms with Gasteiger partial charge in [0, 0.05) is 25.3 Å². The molecule has 2 N–H and O–H groups in total. The Morgan fingerprint density at radius 1 is 1.08 bits per heavy atom. The standard InChI is InChI=1S/C20H27N3O2/c1-6-25-18-10-9-17(12-19(18)24-5)23-20(21-4)22-13-16-8-7-14(2)11-15(16)3/h7-12H,6,13H2,1-5H3,(H2,21,22,23). The molecular weight excluding hydrogens is 314 g/mol. The van der Waals surface area contributed by atoms with Crippen LogP contribution in [-0.2, 0) is 6.54 Å². The van der Waals surface area contributed by atoms with Gasteiger partial charge < -0.3 is 20.1 Å². The van der Waals surface area contributed by atoms with Crippen molar-refractivity contribution in [2.24, 2.45) is 4.99 Å². The molecule has 0 radical (unpaired) electrons. The van der Waals surface area contributed by atoms with E-state index in [2.05, 4.69) is 47.7 Å². The maximum absolute atomic E-state index is 5.54. The lowest BCUT2D eigenvalue weighted by molar-refractivity contribution is 0.311. The number of hydrogen-bond donors (Lipinski definition) is 2. The Morgan fingerprint density at radius 2 is 1.88 bits per heavy atom. The van der Waals surface area contributed by atoms with Crippen molar-refractivity contribution in [3.05, 3.63) is 53.1 Å². The van der Waals surface area contributed by atoms with Gasteiger partial charge in [0.05, 0.1) is 13.7 Å². The summed E-state index contributed by atoms with van der Waals surface area (Å²) in [6, 6.07) is 12.2.